The highest BCUT2D eigenvalue weighted by Gasteiger charge is 2.66. The van der Waals surface area contributed by atoms with Gasteiger partial charge in [0.2, 0.25) is 15.9 Å². The number of nitrogens with zero attached hydrogens (tertiary/aromatic N) is 4. The van der Waals surface area contributed by atoms with Gasteiger partial charge in [0.1, 0.15) is 0 Å². The number of sulfonamides is 1. The summed E-state index contributed by atoms with van der Waals surface area (Å²) >= 11 is 0. The molecule has 4 rings (SSSR count). The highest BCUT2D eigenvalue weighted by atomic mass is 32.2. The zero-order chi connectivity index (χ0) is 20.9. The number of pyridine rings is 1. The van der Waals surface area contributed by atoms with Gasteiger partial charge in [0.15, 0.2) is 0 Å². The molecule has 2 amide bonds. The summed E-state index contributed by atoms with van der Waals surface area (Å²) in [4.78, 5) is 33.8. The SMILES string of the molecule is CCN1CCC2(CN(S(C)(=O)=O)CC23CCN(C(=O)c2ccncc2)CC3)C1=O. The number of hydrogen-bond donors (Lipinski definition) is 0. The lowest BCUT2D eigenvalue weighted by atomic mass is 9.60. The molecule has 3 fully saturated rings. The molecule has 9 heteroatoms. The van der Waals surface area contributed by atoms with Crippen molar-refractivity contribution in [2.45, 2.75) is 26.2 Å². The molecule has 3 aliphatic rings. The molecule has 3 aliphatic heterocycles. The fourth-order valence-electron chi connectivity index (χ4n) is 5.48. The second kappa shape index (κ2) is 7.05. The Hall–Kier alpha value is -2.00. The summed E-state index contributed by atoms with van der Waals surface area (Å²) in [5.74, 6) is 0.0438. The van der Waals surface area contributed by atoms with Gasteiger partial charge in [-0.2, -0.15) is 0 Å². The highest BCUT2D eigenvalue weighted by molar-refractivity contribution is 7.88. The summed E-state index contributed by atoms with van der Waals surface area (Å²) in [6.07, 6.45) is 6.39. The van der Waals surface area contributed by atoms with Crippen molar-refractivity contribution in [3.05, 3.63) is 30.1 Å². The van der Waals surface area contributed by atoms with E-state index in [1.807, 2.05) is 16.7 Å². The Bertz CT molecular complexity index is 912. The maximum absolute atomic E-state index is 13.4. The average molecular weight is 421 g/mol. The van der Waals surface area contributed by atoms with Gasteiger partial charge in [-0.3, -0.25) is 14.6 Å². The maximum Gasteiger partial charge on any atom is 0.253 e. The number of carbonyl (C=O) groups excluding carboxylic acids is 2. The first-order valence-corrected chi connectivity index (χ1v) is 12.0. The summed E-state index contributed by atoms with van der Waals surface area (Å²) in [5, 5.41) is 0. The topological polar surface area (TPSA) is 90.9 Å². The Labute approximate surface area is 171 Å². The number of carbonyl (C=O) groups is 2. The maximum atomic E-state index is 13.4. The molecule has 1 aromatic heterocycles. The average Bonchev–Trinajstić information content (AvgIpc) is 3.21. The second-order valence-corrected chi connectivity index (χ2v) is 10.5. The van der Waals surface area contributed by atoms with Crippen molar-refractivity contribution in [1.29, 1.82) is 0 Å². The van der Waals surface area contributed by atoms with Crippen LogP contribution in [0, 0.1) is 10.8 Å². The molecule has 3 saturated heterocycles. The minimum absolute atomic E-state index is 0.0396. The van der Waals surface area contributed by atoms with Crippen LogP contribution in [-0.2, 0) is 14.8 Å². The van der Waals surface area contributed by atoms with Gasteiger partial charge in [-0.05, 0) is 38.3 Å². The highest BCUT2D eigenvalue weighted by Crippen LogP contribution is 2.58. The third-order valence-electron chi connectivity index (χ3n) is 7.23. The van der Waals surface area contributed by atoms with E-state index < -0.39 is 20.9 Å². The molecule has 0 aromatic carbocycles. The summed E-state index contributed by atoms with van der Waals surface area (Å²) in [6.45, 7) is 4.96. The Morgan fingerprint density at radius 3 is 2.31 bits per heavy atom. The van der Waals surface area contributed by atoms with E-state index in [0.29, 0.717) is 57.5 Å². The van der Waals surface area contributed by atoms with Crippen molar-refractivity contribution in [3.8, 4) is 0 Å². The first kappa shape index (κ1) is 20.3. The smallest absolute Gasteiger partial charge is 0.253 e. The van der Waals surface area contributed by atoms with E-state index in [2.05, 4.69) is 4.98 Å². The van der Waals surface area contributed by atoms with Crippen LogP contribution < -0.4 is 0 Å². The third-order valence-corrected chi connectivity index (χ3v) is 8.43. The molecule has 0 saturated carbocycles. The number of likely N-dealkylation sites (tertiary alicyclic amines) is 2. The first-order valence-electron chi connectivity index (χ1n) is 10.2. The van der Waals surface area contributed by atoms with E-state index in [0.717, 1.165) is 0 Å². The molecule has 0 aliphatic carbocycles. The van der Waals surface area contributed by atoms with Crippen LogP contribution in [0.1, 0.15) is 36.5 Å². The number of rotatable bonds is 3. The molecule has 8 nitrogen and oxygen atoms in total. The van der Waals surface area contributed by atoms with Crippen molar-refractivity contribution in [1.82, 2.24) is 19.1 Å². The van der Waals surface area contributed by atoms with E-state index in [1.54, 1.807) is 24.5 Å². The Kier molecular flexibility index (Phi) is 4.93. The van der Waals surface area contributed by atoms with Gasteiger partial charge in [0.05, 0.1) is 11.7 Å². The van der Waals surface area contributed by atoms with E-state index in [-0.39, 0.29) is 18.4 Å². The summed E-state index contributed by atoms with van der Waals surface area (Å²) in [6, 6.07) is 3.41. The van der Waals surface area contributed by atoms with Crippen molar-refractivity contribution in [2.24, 2.45) is 10.8 Å². The molecule has 1 aromatic rings. The van der Waals surface area contributed by atoms with Crippen LogP contribution in [0.25, 0.3) is 0 Å². The van der Waals surface area contributed by atoms with Gasteiger partial charge in [0.25, 0.3) is 5.91 Å². The molecule has 1 atom stereocenters. The molecule has 0 bridgehead atoms. The predicted molar refractivity (Wildman–Crippen MR) is 108 cm³/mol. The van der Waals surface area contributed by atoms with Crippen LogP contribution in [-0.4, -0.2) is 84.8 Å². The fourth-order valence-corrected chi connectivity index (χ4v) is 6.41. The first-order chi connectivity index (χ1) is 13.7. The van der Waals surface area contributed by atoms with Gasteiger partial charge in [-0.15, -0.1) is 0 Å². The lowest BCUT2D eigenvalue weighted by Crippen LogP contribution is -2.53. The monoisotopic (exact) mass is 420 g/mol. The van der Waals surface area contributed by atoms with Gasteiger partial charge in [-0.25, -0.2) is 12.7 Å². The molecule has 2 spiro atoms. The lowest BCUT2D eigenvalue weighted by Gasteiger charge is -2.47. The molecular weight excluding hydrogens is 392 g/mol. The predicted octanol–water partition coefficient (Wildman–Crippen LogP) is 0.818. The molecule has 4 heterocycles. The zero-order valence-corrected chi connectivity index (χ0v) is 17.8. The van der Waals surface area contributed by atoms with Crippen LogP contribution in [0.5, 0.6) is 0 Å². The van der Waals surface area contributed by atoms with Crippen LogP contribution >= 0.6 is 0 Å². The van der Waals surface area contributed by atoms with Gasteiger partial charge >= 0.3 is 0 Å². The Morgan fingerprint density at radius 2 is 1.76 bits per heavy atom. The van der Waals surface area contributed by atoms with Crippen molar-refractivity contribution in [2.75, 3.05) is 45.5 Å². The van der Waals surface area contributed by atoms with E-state index >= 15 is 0 Å². The van der Waals surface area contributed by atoms with E-state index in [4.69, 9.17) is 0 Å². The van der Waals surface area contributed by atoms with Gasteiger partial charge in [-0.1, -0.05) is 0 Å². The third kappa shape index (κ3) is 3.15. The van der Waals surface area contributed by atoms with Crippen LogP contribution in [0.3, 0.4) is 0 Å². The normalized spacial score (nSPS) is 27.3. The number of aromatic nitrogens is 1. The molecule has 1 unspecified atom stereocenters. The zero-order valence-electron chi connectivity index (χ0n) is 17.0. The quantitative estimate of drug-likeness (QED) is 0.722. The van der Waals surface area contributed by atoms with Crippen LogP contribution in [0.2, 0.25) is 0 Å². The van der Waals surface area contributed by atoms with Gasteiger partial charge < -0.3 is 9.80 Å². The molecule has 29 heavy (non-hydrogen) atoms. The van der Waals surface area contributed by atoms with Crippen LogP contribution in [0.4, 0.5) is 0 Å². The standard InChI is InChI=1S/C20H28N4O4S/c1-3-22-13-8-20(18(22)26)15-24(29(2,27)28)14-19(20)6-11-23(12-7-19)17(25)16-4-9-21-10-5-16/h4-5,9-10H,3,6-8,11-15H2,1-2H3. The largest absolute Gasteiger partial charge is 0.342 e. The Balaban J connectivity index is 1.60. The number of hydrogen-bond acceptors (Lipinski definition) is 5. The molecule has 158 valence electrons. The Morgan fingerprint density at radius 1 is 1.10 bits per heavy atom. The minimum atomic E-state index is -3.39. The molecule has 0 radical (unpaired) electrons. The molecular formula is C20H28N4O4S. The summed E-state index contributed by atoms with van der Waals surface area (Å²) < 4.78 is 26.2. The fraction of sp³-hybridized carbons (Fsp3) is 0.650. The number of fused-ring (bicyclic) bond motifs is 1. The van der Waals surface area contributed by atoms with Crippen molar-refractivity contribution in [3.63, 3.8) is 0 Å². The van der Waals surface area contributed by atoms with Crippen LogP contribution in [0.15, 0.2) is 24.5 Å². The van der Waals surface area contributed by atoms with E-state index in [1.165, 1.54) is 10.6 Å². The number of piperidine rings is 1. The van der Waals surface area contributed by atoms with Crippen molar-refractivity contribution >= 4 is 21.8 Å². The van der Waals surface area contributed by atoms with Crippen molar-refractivity contribution < 1.29 is 18.0 Å². The summed E-state index contributed by atoms with van der Waals surface area (Å²) in [7, 11) is -3.39. The summed E-state index contributed by atoms with van der Waals surface area (Å²) in [5.41, 5.74) is -0.478. The van der Waals surface area contributed by atoms with Gasteiger partial charge in [0, 0.05) is 62.6 Å². The lowest BCUT2D eigenvalue weighted by molar-refractivity contribution is -0.141. The van der Waals surface area contributed by atoms with E-state index in [9.17, 15) is 18.0 Å². The number of amides is 2. The molecule has 0 N–H and O–H groups in total. The second-order valence-electron chi connectivity index (χ2n) is 8.56. The minimum Gasteiger partial charge on any atom is -0.342 e.